The van der Waals surface area contributed by atoms with Crippen LogP contribution >= 0.6 is 0 Å². The average molecular weight is 187 g/mol. The standard InChI is InChI=1S/C8H17N3O2/c1-2-3-4-11-8(13)6(9)5-7(10)12/h6H,2-5,9H2,1H3,(H2,10,12)(H,11,13)/t6-/m0/s1. The van der Waals surface area contributed by atoms with Crippen LogP contribution in [0.5, 0.6) is 0 Å². The molecule has 0 rings (SSSR count). The van der Waals surface area contributed by atoms with Gasteiger partial charge < -0.3 is 16.8 Å². The van der Waals surface area contributed by atoms with Gasteiger partial charge in [0, 0.05) is 6.54 Å². The molecule has 0 aliphatic carbocycles. The van der Waals surface area contributed by atoms with Crippen molar-refractivity contribution in [2.45, 2.75) is 32.2 Å². The normalized spacial score (nSPS) is 12.2. The third kappa shape index (κ3) is 6.10. The SMILES string of the molecule is CCCCNC(=O)[C@@H](N)CC(N)=O. The number of primary amides is 1. The average Bonchev–Trinajstić information content (AvgIpc) is 2.03. The van der Waals surface area contributed by atoms with Crippen molar-refractivity contribution >= 4 is 11.8 Å². The number of nitrogens with one attached hydrogen (secondary N) is 1. The van der Waals surface area contributed by atoms with Crippen molar-refractivity contribution in [2.75, 3.05) is 6.54 Å². The van der Waals surface area contributed by atoms with Crippen molar-refractivity contribution in [3.05, 3.63) is 0 Å². The number of carbonyl (C=O) groups is 2. The van der Waals surface area contributed by atoms with Crippen LogP contribution in [0, 0.1) is 0 Å². The van der Waals surface area contributed by atoms with Crippen LogP contribution in [0.2, 0.25) is 0 Å². The van der Waals surface area contributed by atoms with Gasteiger partial charge >= 0.3 is 0 Å². The second kappa shape index (κ2) is 6.42. The zero-order valence-electron chi connectivity index (χ0n) is 7.88. The van der Waals surface area contributed by atoms with Gasteiger partial charge in [0.2, 0.25) is 11.8 Å². The molecule has 0 aromatic heterocycles. The van der Waals surface area contributed by atoms with Crippen LogP contribution in [0.1, 0.15) is 26.2 Å². The monoisotopic (exact) mass is 187 g/mol. The Labute approximate surface area is 77.8 Å². The summed E-state index contributed by atoms with van der Waals surface area (Å²) in [6, 6.07) is -0.811. The number of hydrogen-bond donors (Lipinski definition) is 3. The van der Waals surface area contributed by atoms with Gasteiger partial charge in [-0.1, -0.05) is 13.3 Å². The molecular formula is C8H17N3O2. The van der Waals surface area contributed by atoms with Gasteiger partial charge in [0.15, 0.2) is 0 Å². The Morgan fingerprint density at radius 1 is 1.46 bits per heavy atom. The molecule has 5 nitrogen and oxygen atoms in total. The largest absolute Gasteiger partial charge is 0.370 e. The highest BCUT2D eigenvalue weighted by molar-refractivity contribution is 5.87. The van der Waals surface area contributed by atoms with Crippen molar-refractivity contribution in [1.82, 2.24) is 5.32 Å². The predicted octanol–water partition coefficient (Wildman–Crippen LogP) is -0.895. The van der Waals surface area contributed by atoms with E-state index in [0.29, 0.717) is 6.54 Å². The van der Waals surface area contributed by atoms with E-state index in [1.54, 1.807) is 0 Å². The lowest BCUT2D eigenvalue weighted by atomic mass is 10.2. The van der Waals surface area contributed by atoms with E-state index in [1.165, 1.54) is 0 Å². The van der Waals surface area contributed by atoms with E-state index in [2.05, 4.69) is 5.32 Å². The molecule has 5 heteroatoms. The Morgan fingerprint density at radius 3 is 2.54 bits per heavy atom. The highest BCUT2D eigenvalue weighted by Crippen LogP contribution is 1.88. The van der Waals surface area contributed by atoms with Crippen LogP contribution in [0.25, 0.3) is 0 Å². The molecule has 5 N–H and O–H groups in total. The van der Waals surface area contributed by atoms with E-state index in [9.17, 15) is 9.59 Å². The number of unbranched alkanes of at least 4 members (excludes halogenated alkanes) is 1. The maximum Gasteiger partial charge on any atom is 0.237 e. The van der Waals surface area contributed by atoms with Crippen LogP contribution in [0.4, 0.5) is 0 Å². The highest BCUT2D eigenvalue weighted by atomic mass is 16.2. The summed E-state index contributed by atoms with van der Waals surface area (Å²) in [4.78, 5) is 21.5. The second-order valence-corrected chi connectivity index (χ2v) is 2.92. The first-order valence-electron chi connectivity index (χ1n) is 4.39. The van der Waals surface area contributed by atoms with Crippen LogP contribution in [-0.2, 0) is 9.59 Å². The molecule has 1 atom stereocenters. The minimum atomic E-state index is -0.811. The lowest BCUT2D eigenvalue weighted by Gasteiger charge is -2.09. The molecule has 0 aliphatic rings. The molecule has 0 aliphatic heterocycles. The number of rotatable bonds is 6. The summed E-state index contributed by atoms with van der Waals surface area (Å²) in [7, 11) is 0. The van der Waals surface area contributed by atoms with E-state index in [0.717, 1.165) is 12.8 Å². The van der Waals surface area contributed by atoms with Gasteiger partial charge in [-0.05, 0) is 6.42 Å². The van der Waals surface area contributed by atoms with Gasteiger partial charge in [-0.15, -0.1) is 0 Å². The summed E-state index contributed by atoms with van der Waals surface area (Å²) in [5.41, 5.74) is 10.3. The summed E-state index contributed by atoms with van der Waals surface area (Å²) < 4.78 is 0. The molecule has 0 aromatic rings. The van der Waals surface area contributed by atoms with Crippen LogP contribution in [0.3, 0.4) is 0 Å². The molecule has 76 valence electrons. The van der Waals surface area contributed by atoms with Crippen molar-refractivity contribution in [2.24, 2.45) is 11.5 Å². The third-order valence-electron chi connectivity index (χ3n) is 1.59. The van der Waals surface area contributed by atoms with E-state index < -0.39 is 11.9 Å². The zero-order chi connectivity index (χ0) is 10.3. The molecule has 0 saturated carbocycles. The summed E-state index contributed by atoms with van der Waals surface area (Å²) >= 11 is 0. The molecule has 0 fully saturated rings. The molecule has 2 amide bonds. The Balaban J connectivity index is 3.63. The summed E-state index contributed by atoms with van der Waals surface area (Å²) in [6.45, 7) is 2.62. The molecule has 13 heavy (non-hydrogen) atoms. The first-order chi connectivity index (χ1) is 6.07. The predicted molar refractivity (Wildman–Crippen MR) is 49.7 cm³/mol. The number of hydrogen-bond acceptors (Lipinski definition) is 3. The van der Waals surface area contributed by atoms with Crippen LogP contribution in [-0.4, -0.2) is 24.4 Å². The Morgan fingerprint density at radius 2 is 2.08 bits per heavy atom. The van der Waals surface area contributed by atoms with Gasteiger partial charge in [0.05, 0.1) is 12.5 Å². The molecule has 0 radical (unpaired) electrons. The van der Waals surface area contributed by atoms with Crippen LogP contribution < -0.4 is 16.8 Å². The van der Waals surface area contributed by atoms with Crippen LogP contribution in [0.15, 0.2) is 0 Å². The molecule has 0 bridgehead atoms. The highest BCUT2D eigenvalue weighted by Gasteiger charge is 2.14. The van der Waals surface area contributed by atoms with Gasteiger partial charge in [0.25, 0.3) is 0 Å². The quantitative estimate of drug-likeness (QED) is 0.470. The smallest absolute Gasteiger partial charge is 0.237 e. The molecule has 0 heterocycles. The van der Waals surface area contributed by atoms with Gasteiger partial charge in [-0.25, -0.2) is 0 Å². The third-order valence-corrected chi connectivity index (χ3v) is 1.59. The fourth-order valence-corrected chi connectivity index (χ4v) is 0.829. The molecular weight excluding hydrogens is 170 g/mol. The fraction of sp³-hybridized carbons (Fsp3) is 0.750. The first kappa shape index (κ1) is 11.9. The molecule has 0 aromatic carbocycles. The molecule has 0 spiro atoms. The maximum absolute atomic E-state index is 11.1. The van der Waals surface area contributed by atoms with E-state index in [1.807, 2.05) is 6.92 Å². The Kier molecular flexibility index (Phi) is 5.88. The Hall–Kier alpha value is -1.10. The van der Waals surface area contributed by atoms with Crippen molar-refractivity contribution in [3.8, 4) is 0 Å². The molecule has 0 unspecified atom stereocenters. The fourth-order valence-electron chi connectivity index (χ4n) is 0.829. The number of amides is 2. The van der Waals surface area contributed by atoms with Crippen molar-refractivity contribution < 1.29 is 9.59 Å². The zero-order valence-corrected chi connectivity index (χ0v) is 7.88. The summed E-state index contributed by atoms with van der Waals surface area (Å²) in [5.74, 6) is -0.870. The van der Waals surface area contributed by atoms with Crippen molar-refractivity contribution in [3.63, 3.8) is 0 Å². The van der Waals surface area contributed by atoms with E-state index in [-0.39, 0.29) is 12.3 Å². The molecule has 0 saturated heterocycles. The van der Waals surface area contributed by atoms with Gasteiger partial charge in [-0.2, -0.15) is 0 Å². The lowest BCUT2D eigenvalue weighted by Crippen LogP contribution is -2.43. The number of carbonyl (C=O) groups excluding carboxylic acids is 2. The van der Waals surface area contributed by atoms with E-state index in [4.69, 9.17) is 11.5 Å². The second-order valence-electron chi connectivity index (χ2n) is 2.92. The van der Waals surface area contributed by atoms with Gasteiger partial charge in [0.1, 0.15) is 0 Å². The van der Waals surface area contributed by atoms with E-state index >= 15 is 0 Å². The Bertz CT molecular complexity index is 182. The lowest BCUT2D eigenvalue weighted by molar-refractivity contribution is -0.126. The number of nitrogens with two attached hydrogens (primary N) is 2. The van der Waals surface area contributed by atoms with Gasteiger partial charge in [-0.3, -0.25) is 9.59 Å². The minimum Gasteiger partial charge on any atom is -0.370 e. The van der Waals surface area contributed by atoms with Crippen molar-refractivity contribution in [1.29, 1.82) is 0 Å². The maximum atomic E-state index is 11.1. The first-order valence-corrected chi connectivity index (χ1v) is 4.39. The summed E-state index contributed by atoms with van der Waals surface area (Å²) in [6.07, 6.45) is 1.82. The minimum absolute atomic E-state index is 0.0992. The summed E-state index contributed by atoms with van der Waals surface area (Å²) in [5, 5.41) is 2.62. The topological polar surface area (TPSA) is 98.2 Å².